The first-order chi connectivity index (χ1) is 9.72. The van der Waals surface area contributed by atoms with Crippen LogP contribution in [0.2, 0.25) is 0 Å². The Balaban J connectivity index is 1.80. The van der Waals surface area contributed by atoms with Crippen LogP contribution < -0.4 is 5.32 Å². The van der Waals surface area contributed by atoms with Gasteiger partial charge in [-0.3, -0.25) is 4.79 Å². The molecule has 3 atom stereocenters. The van der Waals surface area contributed by atoms with Crippen LogP contribution in [-0.4, -0.2) is 54.3 Å². The first-order valence-electron chi connectivity index (χ1n) is 7.40. The van der Waals surface area contributed by atoms with Gasteiger partial charge in [-0.15, -0.1) is 0 Å². The predicted octanol–water partition coefficient (Wildman–Crippen LogP) is 0.957. The highest BCUT2D eigenvalue weighted by atomic mass is 16.5. The van der Waals surface area contributed by atoms with Crippen molar-refractivity contribution in [2.45, 2.75) is 32.0 Å². The first kappa shape index (κ1) is 13.6. The number of methoxy groups -OCH3 is 1. The molecule has 20 heavy (non-hydrogen) atoms. The van der Waals surface area contributed by atoms with Gasteiger partial charge in [0.2, 0.25) is 0 Å². The third kappa shape index (κ3) is 2.25. The van der Waals surface area contributed by atoms with Crippen LogP contribution in [-0.2, 0) is 11.3 Å². The van der Waals surface area contributed by atoms with Gasteiger partial charge in [0.15, 0.2) is 0 Å². The number of amides is 1. The summed E-state index contributed by atoms with van der Waals surface area (Å²) in [4.78, 5) is 15.0. The van der Waals surface area contributed by atoms with Crippen LogP contribution in [0.5, 0.6) is 0 Å². The number of ether oxygens (including phenoxy) is 1. The van der Waals surface area contributed by atoms with Gasteiger partial charge >= 0.3 is 0 Å². The highest BCUT2D eigenvalue weighted by Crippen LogP contribution is 2.33. The van der Waals surface area contributed by atoms with Crippen LogP contribution in [0.4, 0.5) is 0 Å². The second kappa shape index (κ2) is 5.58. The summed E-state index contributed by atoms with van der Waals surface area (Å²) in [6.07, 6.45) is 3.07. The van der Waals surface area contributed by atoms with Crippen LogP contribution in [0.15, 0.2) is 18.3 Å². The maximum atomic E-state index is 12.9. The molecule has 5 heteroatoms. The van der Waals surface area contributed by atoms with Crippen molar-refractivity contribution in [1.82, 2.24) is 14.8 Å². The first-order valence-corrected chi connectivity index (χ1v) is 7.40. The highest BCUT2D eigenvalue weighted by Gasteiger charge is 2.44. The van der Waals surface area contributed by atoms with E-state index in [4.69, 9.17) is 4.74 Å². The van der Waals surface area contributed by atoms with Crippen LogP contribution >= 0.6 is 0 Å². The van der Waals surface area contributed by atoms with Crippen molar-refractivity contribution in [2.75, 3.05) is 26.8 Å². The van der Waals surface area contributed by atoms with Crippen LogP contribution in [0.25, 0.3) is 0 Å². The fourth-order valence-corrected chi connectivity index (χ4v) is 3.64. The Hall–Kier alpha value is -1.33. The summed E-state index contributed by atoms with van der Waals surface area (Å²) in [5.74, 6) is 0.783. The largest absolute Gasteiger partial charge is 0.383 e. The van der Waals surface area contributed by atoms with E-state index < -0.39 is 0 Å². The van der Waals surface area contributed by atoms with Crippen molar-refractivity contribution in [1.29, 1.82) is 0 Å². The molecule has 0 saturated carbocycles. The van der Waals surface area contributed by atoms with Crippen LogP contribution in [0, 0.1) is 5.92 Å². The third-order valence-corrected chi connectivity index (χ3v) is 4.60. The van der Waals surface area contributed by atoms with Gasteiger partial charge in [-0.2, -0.15) is 0 Å². The third-order valence-electron chi connectivity index (χ3n) is 4.60. The van der Waals surface area contributed by atoms with Crippen molar-refractivity contribution in [3.05, 3.63) is 24.0 Å². The van der Waals surface area contributed by atoms with E-state index in [9.17, 15) is 4.79 Å². The SMILES string of the molecule is COCCn1cccc1C(=O)N1C(C)CC2CNCC21. The summed E-state index contributed by atoms with van der Waals surface area (Å²) in [6.45, 7) is 5.49. The standard InChI is InChI=1S/C15H23N3O2/c1-11-8-12-9-16-10-14(12)18(11)15(19)13-4-3-5-17(13)6-7-20-2/h3-5,11-12,14,16H,6-10H2,1-2H3. The summed E-state index contributed by atoms with van der Waals surface area (Å²) in [5.41, 5.74) is 0.779. The molecule has 3 unspecified atom stereocenters. The van der Waals surface area contributed by atoms with Gasteiger partial charge in [-0.1, -0.05) is 0 Å². The number of carbonyl (C=O) groups excluding carboxylic acids is 1. The van der Waals surface area contributed by atoms with E-state index in [1.165, 1.54) is 0 Å². The average Bonchev–Trinajstić information content (AvgIpc) is 3.10. The molecule has 2 fully saturated rings. The number of hydrogen-bond donors (Lipinski definition) is 1. The molecule has 3 heterocycles. The molecular formula is C15H23N3O2. The van der Waals surface area contributed by atoms with Crippen molar-refractivity contribution in [3.8, 4) is 0 Å². The van der Waals surface area contributed by atoms with Gasteiger partial charge in [-0.05, 0) is 31.4 Å². The van der Waals surface area contributed by atoms with Gasteiger partial charge in [0.05, 0.1) is 6.61 Å². The summed E-state index contributed by atoms with van der Waals surface area (Å²) >= 11 is 0. The Morgan fingerprint density at radius 1 is 1.50 bits per heavy atom. The molecule has 1 N–H and O–H groups in total. The molecule has 0 aliphatic carbocycles. The van der Waals surface area contributed by atoms with E-state index in [1.807, 2.05) is 22.9 Å². The Morgan fingerprint density at radius 2 is 2.35 bits per heavy atom. The average molecular weight is 277 g/mol. The maximum Gasteiger partial charge on any atom is 0.271 e. The molecule has 1 aromatic heterocycles. The lowest BCUT2D eigenvalue weighted by Crippen LogP contribution is -2.43. The lowest BCUT2D eigenvalue weighted by atomic mass is 10.0. The minimum absolute atomic E-state index is 0.162. The second-order valence-corrected chi connectivity index (χ2v) is 5.86. The van der Waals surface area contributed by atoms with E-state index in [-0.39, 0.29) is 5.91 Å². The minimum atomic E-state index is 0.162. The number of nitrogens with zero attached hydrogens (tertiary/aromatic N) is 2. The molecule has 0 radical (unpaired) electrons. The summed E-state index contributed by atoms with van der Waals surface area (Å²) < 4.78 is 7.10. The van der Waals surface area contributed by atoms with Crippen molar-refractivity contribution >= 4 is 5.91 Å². The summed E-state index contributed by atoms with van der Waals surface area (Å²) in [5, 5.41) is 3.40. The molecule has 1 amide bonds. The van der Waals surface area contributed by atoms with Crippen molar-refractivity contribution in [3.63, 3.8) is 0 Å². The Kier molecular flexibility index (Phi) is 3.81. The lowest BCUT2D eigenvalue weighted by molar-refractivity contribution is 0.0668. The Labute approximate surface area is 119 Å². The highest BCUT2D eigenvalue weighted by molar-refractivity contribution is 5.93. The molecule has 0 aromatic carbocycles. The number of fused-ring (bicyclic) bond motifs is 1. The molecule has 2 aliphatic rings. The molecule has 5 nitrogen and oxygen atoms in total. The van der Waals surface area contributed by atoms with Crippen molar-refractivity contribution < 1.29 is 9.53 Å². The zero-order valence-electron chi connectivity index (χ0n) is 12.2. The predicted molar refractivity (Wildman–Crippen MR) is 76.7 cm³/mol. The zero-order valence-corrected chi connectivity index (χ0v) is 12.2. The number of carbonyl (C=O) groups is 1. The number of hydrogen-bond acceptors (Lipinski definition) is 3. The molecule has 0 bridgehead atoms. The van der Waals surface area contributed by atoms with Gasteiger partial charge in [-0.25, -0.2) is 0 Å². The lowest BCUT2D eigenvalue weighted by Gasteiger charge is -2.28. The van der Waals surface area contributed by atoms with E-state index in [1.54, 1.807) is 7.11 Å². The van der Waals surface area contributed by atoms with Gasteiger partial charge in [0.1, 0.15) is 5.69 Å². The van der Waals surface area contributed by atoms with Crippen LogP contribution in [0.1, 0.15) is 23.8 Å². The zero-order chi connectivity index (χ0) is 14.1. The number of likely N-dealkylation sites (tertiary alicyclic amines) is 1. The Morgan fingerprint density at radius 3 is 3.15 bits per heavy atom. The van der Waals surface area contributed by atoms with E-state index in [0.717, 1.165) is 31.7 Å². The smallest absolute Gasteiger partial charge is 0.271 e. The number of nitrogens with one attached hydrogen (secondary N) is 1. The quantitative estimate of drug-likeness (QED) is 0.891. The number of rotatable bonds is 4. The molecule has 0 spiro atoms. The van der Waals surface area contributed by atoms with E-state index in [2.05, 4.69) is 17.1 Å². The molecule has 3 rings (SSSR count). The molecular weight excluding hydrogens is 254 g/mol. The fourth-order valence-electron chi connectivity index (χ4n) is 3.64. The van der Waals surface area contributed by atoms with E-state index >= 15 is 0 Å². The molecule has 2 aliphatic heterocycles. The molecule has 1 aromatic rings. The molecule has 2 saturated heterocycles. The number of aromatic nitrogens is 1. The minimum Gasteiger partial charge on any atom is -0.383 e. The van der Waals surface area contributed by atoms with Crippen LogP contribution in [0.3, 0.4) is 0 Å². The van der Waals surface area contributed by atoms with E-state index in [0.29, 0.717) is 24.6 Å². The maximum absolute atomic E-state index is 12.9. The molecule has 110 valence electrons. The normalized spacial score (nSPS) is 28.9. The second-order valence-electron chi connectivity index (χ2n) is 5.86. The fraction of sp³-hybridized carbons (Fsp3) is 0.667. The monoisotopic (exact) mass is 277 g/mol. The Bertz CT molecular complexity index is 485. The van der Waals surface area contributed by atoms with Gasteiger partial charge in [0, 0.05) is 45.0 Å². The topological polar surface area (TPSA) is 46.5 Å². The van der Waals surface area contributed by atoms with Gasteiger partial charge < -0.3 is 19.5 Å². The van der Waals surface area contributed by atoms with Crippen molar-refractivity contribution in [2.24, 2.45) is 5.92 Å². The summed E-state index contributed by atoms with van der Waals surface area (Å²) in [7, 11) is 1.68. The van der Waals surface area contributed by atoms with Gasteiger partial charge in [0.25, 0.3) is 5.91 Å². The summed E-state index contributed by atoms with van der Waals surface area (Å²) in [6, 6.07) is 4.56.